The SMILES string of the molecule is CC(NCCS(=O)(=O)C(C)(C)C)C(=O)N1CCOCC1. The molecule has 1 amide bonds. The Hall–Kier alpha value is -0.660. The van der Waals surface area contributed by atoms with Gasteiger partial charge in [0.05, 0.1) is 29.8 Å². The number of hydrogen-bond acceptors (Lipinski definition) is 5. The summed E-state index contributed by atoms with van der Waals surface area (Å²) in [5.74, 6) is 0.0403. The molecule has 1 unspecified atom stereocenters. The summed E-state index contributed by atoms with van der Waals surface area (Å²) in [5.41, 5.74) is 0. The molecule has 1 rings (SSSR count). The molecule has 0 radical (unpaired) electrons. The van der Waals surface area contributed by atoms with E-state index < -0.39 is 14.6 Å². The van der Waals surface area contributed by atoms with Crippen molar-refractivity contribution in [1.29, 1.82) is 0 Å². The first-order valence-corrected chi connectivity index (χ1v) is 8.62. The van der Waals surface area contributed by atoms with E-state index in [4.69, 9.17) is 4.74 Å². The highest BCUT2D eigenvalue weighted by atomic mass is 32.2. The van der Waals surface area contributed by atoms with Gasteiger partial charge in [-0.05, 0) is 27.7 Å². The van der Waals surface area contributed by atoms with E-state index in [9.17, 15) is 13.2 Å². The van der Waals surface area contributed by atoms with Crippen LogP contribution in [0.3, 0.4) is 0 Å². The molecule has 20 heavy (non-hydrogen) atoms. The van der Waals surface area contributed by atoms with Crippen LogP contribution in [0.2, 0.25) is 0 Å². The van der Waals surface area contributed by atoms with E-state index in [1.54, 1.807) is 32.6 Å². The van der Waals surface area contributed by atoms with Crippen molar-refractivity contribution in [3.63, 3.8) is 0 Å². The Kier molecular flexibility index (Phi) is 5.97. The number of sulfone groups is 1. The van der Waals surface area contributed by atoms with Gasteiger partial charge in [0.1, 0.15) is 0 Å². The second-order valence-electron chi connectivity index (χ2n) is 6.04. The maximum atomic E-state index is 12.1. The number of rotatable bonds is 5. The molecule has 0 aromatic carbocycles. The highest BCUT2D eigenvalue weighted by Crippen LogP contribution is 2.15. The molecule has 1 N–H and O–H groups in total. The van der Waals surface area contributed by atoms with E-state index in [0.717, 1.165) is 0 Å². The van der Waals surface area contributed by atoms with Crippen molar-refractivity contribution in [2.75, 3.05) is 38.6 Å². The van der Waals surface area contributed by atoms with Crippen LogP contribution in [0.15, 0.2) is 0 Å². The largest absolute Gasteiger partial charge is 0.378 e. The molecule has 1 heterocycles. The van der Waals surface area contributed by atoms with Crippen molar-refractivity contribution in [3.8, 4) is 0 Å². The van der Waals surface area contributed by atoms with Crippen LogP contribution in [0.1, 0.15) is 27.7 Å². The summed E-state index contributed by atoms with van der Waals surface area (Å²) < 4.78 is 28.3. The number of amides is 1. The van der Waals surface area contributed by atoms with Gasteiger partial charge in [-0.2, -0.15) is 0 Å². The maximum absolute atomic E-state index is 12.1. The van der Waals surface area contributed by atoms with Gasteiger partial charge in [0, 0.05) is 19.6 Å². The number of morpholine rings is 1. The molecule has 0 aliphatic carbocycles. The summed E-state index contributed by atoms with van der Waals surface area (Å²) in [6.45, 7) is 9.45. The molecule has 6 nitrogen and oxygen atoms in total. The summed E-state index contributed by atoms with van der Waals surface area (Å²) in [7, 11) is -3.15. The van der Waals surface area contributed by atoms with Crippen LogP contribution in [0, 0.1) is 0 Å². The van der Waals surface area contributed by atoms with Crippen LogP contribution < -0.4 is 5.32 Å². The number of carbonyl (C=O) groups is 1. The molecule has 1 atom stereocenters. The van der Waals surface area contributed by atoms with E-state index in [1.165, 1.54) is 0 Å². The molecule has 1 aliphatic rings. The zero-order valence-corrected chi connectivity index (χ0v) is 13.6. The van der Waals surface area contributed by atoms with E-state index in [1.807, 2.05) is 0 Å². The highest BCUT2D eigenvalue weighted by Gasteiger charge is 2.29. The highest BCUT2D eigenvalue weighted by molar-refractivity contribution is 7.92. The third kappa shape index (κ3) is 4.71. The lowest BCUT2D eigenvalue weighted by Crippen LogP contribution is -2.50. The molecule has 118 valence electrons. The van der Waals surface area contributed by atoms with Crippen molar-refractivity contribution in [1.82, 2.24) is 10.2 Å². The summed E-state index contributed by atoms with van der Waals surface area (Å²) in [6.07, 6.45) is 0. The summed E-state index contributed by atoms with van der Waals surface area (Å²) in [6, 6.07) is -0.372. The standard InChI is InChI=1S/C13H26N2O4S/c1-11(12(16)15-6-8-19-9-7-15)14-5-10-20(17,18)13(2,3)4/h11,14H,5-10H2,1-4H3. The molecule has 0 bridgehead atoms. The van der Waals surface area contributed by atoms with Crippen LogP contribution >= 0.6 is 0 Å². The third-order valence-electron chi connectivity index (χ3n) is 3.45. The van der Waals surface area contributed by atoms with Crippen LogP contribution in [-0.2, 0) is 19.4 Å². The maximum Gasteiger partial charge on any atom is 0.239 e. The number of carbonyl (C=O) groups excluding carboxylic acids is 1. The smallest absolute Gasteiger partial charge is 0.239 e. The fourth-order valence-electron chi connectivity index (χ4n) is 1.86. The number of nitrogens with zero attached hydrogens (tertiary/aromatic N) is 1. The normalized spacial score (nSPS) is 18.9. The van der Waals surface area contributed by atoms with Gasteiger partial charge >= 0.3 is 0 Å². The fourth-order valence-corrected chi connectivity index (χ4v) is 2.86. The molecule has 0 saturated carbocycles. The predicted molar refractivity (Wildman–Crippen MR) is 78.4 cm³/mol. The second-order valence-corrected chi connectivity index (χ2v) is 8.91. The Morgan fingerprint density at radius 1 is 1.30 bits per heavy atom. The van der Waals surface area contributed by atoms with E-state index in [0.29, 0.717) is 26.3 Å². The lowest BCUT2D eigenvalue weighted by molar-refractivity contribution is -0.137. The van der Waals surface area contributed by atoms with Crippen molar-refractivity contribution >= 4 is 15.7 Å². The Balaban J connectivity index is 2.40. The van der Waals surface area contributed by atoms with E-state index >= 15 is 0 Å². The van der Waals surface area contributed by atoms with Crippen LogP contribution in [0.5, 0.6) is 0 Å². The zero-order chi connectivity index (χ0) is 15.4. The lowest BCUT2D eigenvalue weighted by atomic mass is 10.2. The van der Waals surface area contributed by atoms with E-state index in [2.05, 4.69) is 5.32 Å². The lowest BCUT2D eigenvalue weighted by Gasteiger charge is -2.29. The average molecular weight is 306 g/mol. The van der Waals surface area contributed by atoms with Gasteiger partial charge in [-0.15, -0.1) is 0 Å². The molecule has 1 fully saturated rings. The number of hydrogen-bond donors (Lipinski definition) is 1. The molecule has 0 aromatic heterocycles. The number of ether oxygens (including phenoxy) is 1. The Bertz CT molecular complexity index is 422. The van der Waals surface area contributed by atoms with Crippen LogP contribution in [-0.4, -0.2) is 68.6 Å². The van der Waals surface area contributed by atoms with E-state index in [-0.39, 0.29) is 24.2 Å². The summed E-state index contributed by atoms with van der Waals surface area (Å²) in [5, 5.41) is 3.00. The van der Waals surface area contributed by atoms with Crippen molar-refractivity contribution < 1.29 is 17.9 Å². The minimum absolute atomic E-state index is 0.00135. The van der Waals surface area contributed by atoms with Gasteiger partial charge in [-0.3, -0.25) is 4.79 Å². The van der Waals surface area contributed by atoms with Gasteiger partial charge in [0.2, 0.25) is 5.91 Å². The molecule has 0 aromatic rings. The van der Waals surface area contributed by atoms with Crippen molar-refractivity contribution in [2.24, 2.45) is 0 Å². The monoisotopic (exact) mass is 306 g/mol. The Morgan fingerprint density at radius 3 is 2.35 bits per heavy atom. The third-order valence-corrected chi connectivity index (χ3v) is 6.06. The zero-order valence-electron chi connectivity index (χ0n) is 12.8. The Morgan fingerprint density at radius 2 is 1.85 bits per heavy atom. The first kappa shape index (κ1) is 17.4. The topological polar surface area (TPSA) is 75.7 Å². The second kappa shape index (κ2) is 6.87. The fraction of sp³-hybridized carbons (Fsp3) is 0.923. The van der Waals surface area contributed by atoms with Gasteiger partial charge in [0.15, 0.2) is 9.84 Å². The van der Waals surface area contributed by atoms with Gasteiger partial charge < -0.3 is 15.0 Å². The number of nitrogens with one attached hydrogen (secondary N) is 1. The minimum Gasteiger partial charge on any atom is -0.378 e. The minimum atomic E-state index is -3.15. The predicted octanol–water partition coefficient (Wildman–Crippen LogP) is 0.0366. The van der Waals surface area contributed by atoms with Crippen LogP contribution in [0.25, 0.3) is 0 Å². The van der Waals surface area contributed by atoms with Crippen molar-refractivity contribution in [3.05, 3.63) is 0 Å². The quantitative estimate of drug-likeness (QED) is 0.776. The Labute approximate surface area is 121 Å². The summed E-state index contributed by atoms with van der Waals surface area (Å²) in [4.78, 5) is 13.9. The molecular weight excluding hydrogens is 280 g/mol. The first-order chi connectivity index (χ1) is 9.15. The molecular formula is C13H26N2O4S. The van der Waals surface area contributed by atoms with Gasteiger partial charge in [0.25, 0.3) is 0 Å². The molecule has 1 aliphatic heterocycles. The first-order valence-electron chi connectivity index (χ1n) is 6.97. The van der Waals surface area contributed by atoms with Crippen LogP contribution in [0.4, 0.5) is 0 Å². The average Bonchev–Trinajstić information content (AvgIpc) is 2.37. The summed E-state index contributed by atoms with van der Waals surface area (Å²) >= 11 is 0. The van der Waals surface area contributed by atoms with Gasteiger partial charge in [-0.25, -0.2) is 8.42 Å². The molecule has 1 saturated heterocycles. The molecule has 7 heteroatoms. The van der Waals surface area contributed by atoms with Gasteiger partial charge in [-0.1, -0.05) is 0 Å². The molecule has 0 spiro atoms. The van der Waals surface area contributed by atoms with Crippen molar-refractivity contribution in [2.45, 2.75) is 38.5 Å².